The van der Waals surface area contributed by atoms with Crippen molar-refractivity contribution in [2.24, 2.45) is 7.05 Å². The van der Waals surface area contributed by atoms with E-state index in [4.69, 9.17) is 0 Å². The highest BCUT2D eigenvalue weighted by molar-refractivity contribution is 14.1. The lowest BCUT2D eigenvalue weighted by Crippen LogP contribution is -2.41. The van der Waals surface area contributed by atoms with Gasteiger partial charge in [-0.15, -0.1) is 0 Å². The maximum Gasteiger partial charge on any atom is 0.336 e. The molecule has 2 N–H and O–H groups in total. The van der Waals surface area contributed by atoms with Gasteiger partial charge < -0.3 is 10.6 Å². The van der Waals surface area contributed by atoms with Crippen LogP contribution in [-0.2, 0) is 22.6 Å². The first-order valence-corrected chi connectivity index (χ1v) is 15.6. The maximum atomic E-state index is 14.8. The summed E-state index contributed by atoms with van der Waals surface area (Å²) in [6.45, 7) is 2.95. The predicted octanol–water partition coefficient (Wildman–Crippen LogP) is 3.93. The third-order valence-electron chi connectivity index (χ3n) is 6.39. The van der Waals surface area contributed by atoms with Crippen LogP contribution < -0.4 is 27.4 Å². The number of amides is 1. The van der Waals surface area contributed by atoms with E-state index in [1.54, 1.807) is 49.8 Å². The minimum absolute atomic E-state index is 0.0914. The number of nitrogens with one attached hydrogen (secondary N) is 2. The van der Waals surface area contributed by atoms with Crippen LogP contribution in [0.5, 0.6) is 0 Å². The third-order valence-corrected chi connectivity index (χ3v) is 7.06. The molecule has 216 valence electrons. The van der Waals surface area contributed by atoms with Gasteiger partial charge in [-0.05, 0) is 84.8 Å². The van der Waals surface area contributed by atoms with Crippen LogP contribution in [0.4, 0.5) is 21.6 Å². The van der Waals surface area contributed by atoms with E-state index in [9.17, 15) is 27.8 Å². The summed E-state index contributed by atoms with van der Waals surface area (Å²) in [5.41, 5.74) is -0.141. The van der Waals surface area contributed by atoms with Crippen LogP contribution in [0.15, 0.2) is 56.8 Å². The molecule has 4 aromatic rings. The summed E-state index contributed by atoms with van der Waals surface area (Å²) in [6, 6.07) is 10.9. The monoisotopic (exact) mass is 693 g/mol. The Kier molecular flexibility index (Phi) is 8.97. The molecular weight excluding hydrogens is 664 g/mol. The van der Waals surface area contributed by atoms with E-state index < -0.39 is 33.4 Å². The molecule has 0 unspecified atom stereocenters. The first-order valence-electron chi connectivity index (χ1n) is 12.6. The van der Waals surface area contributed by atoms with Gasteiger partial charge in [0, 0.05) is 58.1 Å². The zero-order chi connectivity index (χ0) is 30.2. The van der Waals surface area contributed by atoms with Crippen molar-refractivity contribution in [3.8, 4) is 5.69 Å². The lowest BCUT2D eigenvalue weighted by molar-refractivity contribution is -0.114. The largest absolute Gasteiger partial charge is 0.338 e. The number of halogens is 2. The SMILES string of the molecule is CC(=O)Nc1ccc(-n2c(=O)n(C3CC3)c(=O)c3c(Nc4ccc(I)cc4F)n(C)c(=O)c(C)c32)cc1.CS(C)=O. The molecule has 0 radical (unpaired) electrons. The Morgan fingerprint density at radius 2 is 1.66 bits per heavy atom. The van der Waals surface area contributed by atoms with E-state index in [1.807, 2.05) is 22.6 Å². The molecule has 2 aromatic heterocycles. The molecule has 2 heterocycles. The fraction of sp³-hybridized carbons (Fsp3) is 0.286. The summed E-state index contributed by atoms with van der Waals surface area (Å²) < 4.78 is 28.8. The van der Waals surface area contributed by atoms with Gasteiger partial charge in [-0.25, -0.2) is 9.18 Å². The Bertz CT molecular complexity index is 1870. The molecule has 0 atom stereocenters. The molecular formula is C28H29FIN5O5S. The van der Waals surface area contributed by atoms with E-state index >= 15 is 0 Å². The average molecular weight is 694 g/mol. The number of aromatic nitrogens is 3. The van der Waals surface area contributed by atoms with Gasteiger partial charge in [0.05, 0.1) is 16.9 Å². The summed E-state index contributed by atoms with van der Waals surface area (Å²) in [6.07, 6.45) is 4.64. The molecule has 1 saturated carbocycles. The summed E-state index contributed by atoms with van der Waals surface area (Å²) >= 11 is 1.99. The molecule has 5 rings (SSSR count). The molecule has 13 heteroatoms. The molecule has 0 aliphatic heterocycles. The summed E-state index contributed by atoms with van der Waals surface area (Å²) in [5, 5.41) is 5.73. The molecule has 1 aliphatic rings. The van der Waals surface area contributed by atoms with Crippen molar-refractivity contribution in [3.05, 3.63) is 88.6 Å². The fourth-order valence-electron chi connectivity index (χ4n) is 4.47. The van der Waals surface area contributed by atoms with Crippen LogP contribution in [0, 0.1) is 16.3 Å². The topological polar surface area (TPSA) is 124 Å². The van der Waals surface area contributed by atoms with E-state index in [0.29, 0.717) is 27.8 Å². The van der Waals surface area contributed by atoms with Crippen LogP contribution in [0.2, 0.25) is 0 Å². The molecule has 41 heavy (non-hydrogen) atoms. The normalized spacial score (nSPS) is 12.7. The summed E-state index contributed by atoms with van der Waals surface area (Å²) in [5.74, 6) is -0.693. The minimum Gasteiger partial charge on any atom is -0.338 e. The van der Waals surface area contributed by atoms with Gasteiger partial charge >= 0.3 is 5.69 Å². The lowest BCUT2D eigenvalue weighted by Gasteiger charge is -2.20. The zero-order valence-electron chi connectivity index (χ0n) is 23.1. The number of anilines is 3. The molecule has 1 amide bonds. The first kappa shape index (κ1) is 30.4. The van der Waals surface area contributed by atoms with Crippen molar-refractivity contribution < 1.29 is 13.4 Å². The number of hydrogen-bond donors (Lipinski definition) is 2. The van der Waals surface area contributed by atoms with Crippen molar-refractivity contribution >= 4 is 67.4 Å². The Morgan fingerprint density at radius 1 is 1.05 bits per heavy atom. The van der Waals surface area contributed by atoms with E-state index in [0.717, 1.165) is 0 Å². The highest BCUT2D eigenvalue weighted by atomic mass is 127. The Balaban J connectivity index is 0.000000909. The van der Waals surface area contributed by atoms with Crippen molar-refractivity contribution in [1.29, 1.82) is 0 Å². The molecule has 0 bridgehead atoms. The molecule has 10 nitrogen and oxygen atoms in total. The van der Waals surface area contributed by atoms with Crippen LogP contribution in [-0.4, -0.2) is 36.3 Å². The maximum absolute atomic E-state index is 14.8. The molecule has 0 saturated heterocycles. The number of hydrogen-bond acceptors (Lipinski definition) is 6. The van der Waals surface area contributed by atoms with Crippen molar-refractivity contribution in [2.75, 3.05) is 23.1 Å². The Morgan fingerprint density at radius 3 is 2.20 bits per heavy atom. The number of nitrogens with zero attached hydrogens (tertiary/aromatic N) is 3. The van der Waals surface area contributed by atoms with Gasteiger partial charge in [-0.2, -0.15) is 0 Å². The molecule has 1 fully saturated rings. The van der Waals surface area contributed by atoms with E-state index in [-0.39, 0.29) is 39.9 Å². The van der Waals surface area contributed by atoms with Gasteiger partial charge in [0.2, 0.25) is 5.91 Å². The quantitative estimate of drug-likeness (QED) is 0.306. The molecule has 2 aromatic carbocycles. The number of pyridine rings is 1. The zero-order valence-corrected chi connectivity index (χ0v) is 26.1. The fourth-order valence-corrected chi connectivity index (χ4v) is 4.92. The van der Waals surface area contributed by atoms with Crippen LogP contribution in [0.1, 0.15) is 31.4 Å². The number of carbonyl (C=O) groups is 1. The number of fused-ring (bicyclic) bond motifs is 1. The highest BCUT2D eigenvalue weighted by Gasteiger charge is 2.31. The average Bonchev–Trinajstić information content (AvgIpc) is 3.72. The standard InChI is InChI=1S/C26H23FIN5O4.C2H6OS/c1-13-22-21(23(31(3)24(13)35)30-20-11-4-15(28)12-19(20)27)25(36)33(18-9-10-18)26(37)32(22)17-7-5-16(6-8-17)29-14(2)34;1-4(2)3/h4-8,11-12,18,30H,9-10H2,1-3H3,(H,29,34);1-2H3. The number of rotatable bonds is 5. The summed E-state index contributed by atoms with van der Waals surface area (Å²) in [7, 11) is 0.889. The second kappa shape index (κ2) is 12.1. The van der Waals surface area contributed by atoms with E-state index in [1.165, 1.54) is 39.8 Å². The van der Waals surface area contributed by atoms with Crippen LogP contribution in [0.3, 0.4) is 0 Å². The van der Waals surface area contributed by atoms with Gasteiger partial charge in [0.1, 0.15) is 17.0 Å². The minimum atomic E-state index is -0.611. The third kappa shape index (κ3) is 6.35. The second-order valence-electron chi connectivity index (χ2n) is 9.80. The van der Waals surface area contributed by atoms with Crippen molar-refractivity contribution in [3.63, 3.8) is 0 Å². The highest BCUT2D eigenvalue weighted by Crippen LogP contribution is 2.34. The number of benzene rings is 2. The van der Waals surface area contributed by atoms with Crippen LogP contribution >= 0.6 is 22.6 Å². The van der Waals surface area contributed by atoms with Gasteiger partial charge in [-0.3, -0.25) is 32.3 Å². The molecule has 0 spiro atoms. The van der Waals surface area contributed by atoms with Crippen molar-refractivity contribution in [1.82, 2.24) is 13.7 Å². The van der Waals surface area contributed by atoms with Gasteiger partial charge in [-0.1, -0.05) is 0 Å². The first-order chi connectivity index (χ1) is 19.3. The number of aryl methyl sites for hydroxylation is 1. The lowest BCUT2D eigenvalue weighted by atomic mass is 10.1. The van der Waals surface area contributed by atoms with E-state index in [2.05, 4.69) is 10.6 Å². The Hall–Kier alpha value is -3.59. The summed E-state index contributed by atoms with van der Waals surface area (Å²) in [4.78, 5) is 52.3. The van der Waals surface area contributed by atoms with Crippen molar-refractivity contribution in [2.45, 2.75) is 32.7 Å². The smallest absolute Gasteiger partial charge is 0.336 e. The second-order valence-corrected chi connectivity index (χ2v) is 12.5. The predicted molar refractivity (Wildman–Crippen MR) is 169 cm³/mol. The van der Waals surface area contributed by atoms with Crippen LogP contribution in [0.25, 0.3) is 16.6 Å². The van der Waals surface area contributed by atoms with Gasteiger partial charge in [0.15, 0.2) is 0 Å². The van der Waals surface area contributed by atoms with Gasteiger partial charge in [0.25, 0.3) is 11.1 Å². The Labute approximate surface area is 250 Å². The number of carbonyl (C=O) groups excluding carboxylic acids is 1. The molecule has 1 aliphatic carbocycles.